The Labute approximate surface area is 138 Å². The summed E-state index contributed by atoms with van der Waals surface area (Å²) in [5, 5.41) is 0. The van der Waals surface area contributed by atoms with Crippen LogP contribution in [0.3, 0.4) is 0 Å². The molecule has 0 spiro atoms. The molecule has 0 aromatic heterocycles. The van der Waals surface area contributed by atoms with Crippen molar-refractivity contribution in [1.82, 2.24) is 0 Å². The van der Waals surface area contributed by atoms with Crippen LogP contribution < -0.4 is 0 Å². The second kappa shape index (κ2) is 9.62. The molecule has 23 heavy (non-hydrogen) atoms. The monoisotopic (exact) mass is 308 g/mol. The van der Waals surface area contributed by atoms with Crippen LogP contribution in [0.5, 0.6) is 0 Å². The van der Waals surface area contributed by atoms with E-state index in [4.69, 9.17) is 4.74 Å². The highest BCUT2D eigenvalue weighted by molar-refractivity contribution is 5.69. The van der Waals surface area contributed by atoms with Crippen molar-refractivity contribution >= 4 is 5.97 Å². The second-order valence-corrected chi connectivity index (χ2v) is 5.38. The molecule has 2 nitrogen and oxygen atoms in total. The van der Waals surface area contributed by atoms with Crippen molar-refractivity contribution in [2.75, 3.05) is 6.61 Å². The third kappa shape index (κ3) is 5.74. The summed E-state index contributed by atoms with van der Waals surface area (Å²) in [6.07, 6.45) is 7.42. The van der Waals surface area contributed by atoms with Gasteiger partial charge in [0.2, 0.25) is 0 Å². The van der Waals surface area contributed by atoms with E-state index in [1.165, 1.54) is 16.7 Å². The average Bonchev–Trinajstić information content (AvgIpc) is 2.59. The van der Waals surface area contributed by atoms with Crippen LogP contribution in [0.1, 0.15) is 31.7 Å². The summed E-state index contributed by atoms with van der Waals surface area (Å²) in [6.45, 7) is 2.29. The van der Waals surface area contributed by atoms with Gasteiger partial charge in [0.1, 0.15) is 0 Å². The van der Waals surface area contributed by atoms with Crippen molar-refractivity contribution in [2.24, 2.45) is 0 Å². The Balaban J connectivity index is 1.86. The topological polar surface area (TPSA) is 26.3 Å². The third-order valence-electron chi connectivity index (χ3n) is 3.67. The Hall–Kier alpha value is -2.35. The van der Waals surface area contributed by atoms with Gasteiger partial charge < -0.3 is 4.74 Å². The lowest BCUT2D eigenvalue weighted by atomic mass is 9.97. The predicted molar refractivity (Wildman–Crippen MR) is 95.2 cm³/mol. The van der Waals surface area contributed by atoms with Gasteiger partial charge in [-0.1, -0.05) is 66.7 Å². The first-order valence-corrected chi connectivity index (χ1v) is 8.25. The number of carbonyl (C=O) groups excluding carboxylic acids is 1. The molecule has 2 rings (SSSR count). The molecule has 0 fully saturated rings. The van der Waals surface area contributed by atoms with Crippen LogP contribution in [0.15, 0.2) is 66.7 Å². The van der Waals surface area contributed by atoms with Gasteiger partial charge in [0.25, 0.3) is 0 Å². The molecule has 0 bridgehead atoms. The fourth-order valence-corrected chi connectivity index (χ4v) is 2.55. The maximum Gasteiger partial charge on any atom is 0.306 e. The lowest BCUT2D eigenvalue weighted by Crippen LogP contribution is -2.02. The molecular weight excluding hydrogens is 284 g/mol. The van der Waals surface area contributed by atoms with E-state index < -0.39 is 0 Å². The van der Waals surface area contributed by atoms with Crippen LogP contribution in [0, 0.1) is 0 Å². The summed E-state index contributed by atoms with van der Waals surface area (Å²) in [7, 11) is 0. The molecule has 0 saturated carbocycles. The molecule has 0 saturated heterocycles. The number of hydrogen-bond donors (Lipinski definition) is 0. The minimum Gasteiger partial charge on any atom is -0.466 e. The van der Waals surface area contributed by atoms with Crippen LogP contribution in [0.2, 0.25) is 0 Å². The van der Waals surface area contributed by atoms with Crippen LogP contribution >= 0.6 is 0 Å². The van der Waals surface area contributed by atoms with Gasteiger partial charge in [-0.25, -0.2) is 0 Å². The first-order chi connectivity index (χ1) is 11.3. The Morgan fingerprint density at radius 3 is 2.43 bits per heavy atom. The standard InChI is InChI=1S/C21H24O2/c1-2-23-21(22)17-9-4-3-6-12-19-15-10-11-16-20(19)18-13-7-5-8-14-18/h3-5,7-8,10-11,13-16H,2,6,9,12,17H2,1H3. The number of hydrogen-bond acceptors (Lipinski definition) is 2. The minimum atomic E-state index is -0.119. The SMILES string of the molecule is CCOC(=O)CCC=CCCc1ccccc1-c1ccccc1. The Morgan fingerprint density at radius 2 is 1.65 bits per heavy atom. The van der Waals surface area contributed by atoms with Crippen molar-refractivity contribution < 1.29 is 9.53 Å². The maximum atomic E-state index is 11.2. The van der Waals surface area contributed by atoms with E-state index in [0.717, 1.165) is 19.3 Å². The summed E-state index contributed by atoms with van der Waals surface area (Å²) >= 11 is 0. The Morgan fingerprint density at radius 1 is 0.957 bits per heavy atom. The number of esters is 1. The number of rotatable bonds is 8. The third-order valence-corrected chi connectivity index (χ3v) is 3.67. The fourth-order valence-electron chi connectivity index (χ4n) is 2.55. The summed E-state index contributed by atoms with van der Waals surface area (Å²) in [5.41, 5.74) is 3.91. The molecule has 0 radical (unpaired) electrons. The normalized spacial score (nSPS) is 10.8. The largest absolute Gasteiger partial charge is 0.466 e. The smallest absolute Gasteiger partial charge is 0.306 e. The summed E-state index contributed by atoms with van der Waals surface area (Å²) in [5.74, 6) is -0.119. The summed E-state index contributed by atoms with van der Waals surface area (Å²) in [4.78, 5) is 11.2. The zero-order valence-electron chi connectivity index (χ0n) is 13.7. The molecule has 2 aromatic carbocycles. The first-order valence-electron chi connectivity index (χ1n) is 8.25. The lowest BCUT2D eigenvalue weighted by Gasteiger charge is -2.08. The van der Waals surface area contributed by atoms with Crippen LogP contribution in [0.4, 0.5) is 0 Å². The van der Waals surface area contributed by atoms with Gasteiger partial charge in [0.05, 0.1) is 6.61 Å². The van der Waals surface area contributed by atoms with E-state index >= 15 is 0 Å². The first kappa shape index (κ1) is 17.0. The fraction of sp³-hybridized carbons (Fsp3) is 0.286. The number of ether oxygens (including phenoxy) is 1. The van der Waals surface area contributed by atoms with Crippen molar-refractivity contribution in [3.8, 4) is 11.1 Å². The predicted octanol–water partition coefficient (Wildman–Crippen LogP) is 5.19. The molecule has 2 heteroatoms. The van der Waals surface area contributed by atoms with Gasteiger partial charge in [-0.3, -0.25) is 4.79 Å². The van der Waals surface area contributed by atoms with Gasteiger partial charge in [0.15, 0.2) is 0 Å². The molecule has 0 amide bonds. The molecular formula is C21H24O2. The number of aryl methyl sites for hydroxylation is 1. The van der Waals surface area contributed by atoms with Crippen molar-refractivity contribution in [3.05, 3.63) is 72.3 Å². The van der Waals surface area contributed by atoms with Crippen LogP contribution in [0.25, 0.3) is 11.1 Å². The molecule has 0 N–H and O–H groups in total. The van der Waals surface area contributed by atoms with Crippen molar-refractivity contribution in [3.63, 3.8) is 0 Å². The van der Waals surface area contributed by atoms with Crippen LogP contribution in [-0.2, 0) is 16.0 Å². The molecule has 0 atom stereocenters. The molecule has 2 aromatic rings. The van der Waals surface area contributed by atoms with E-state index in [1.807, 2.05) is 13.0 Å². The number of allylic oxidation sites excluding steroid dienone is 2. The molecule has 0 aliphatic rings. The van der Waals surface area contributed by atoms with E-state index in [2.05, 4.69) is 60.7 Å². The maximum absolute atomic E-state index is 11.2. The van der Waals surface area contributed by atoms with Gasteiger partial charge in [0, 0.05) is 6.42 Å². The molecule has 0 unspecified atom stereocenters. The molecule has 120 valence electrons. The van der Waals surface area contributed by atoms with Gasteiger partial charge in [-0.15, -0.1) is 0 Å². The van der Waals surface area contributed by atoms with Crippen molar-refractivity contribution in [2.45, 2.75) is 32.6 Å². The molecule has 0 aliphatic carbocycles. The zero-order chi connectivity index (χ0) is 16.3. The van der Waals surface area contributed by atoms with E-state index in [0.29, 0.717) is 13.0 Å². The Bertz CT molecular complexity index is 629. The Kier molecular flexibility index (Phi) is 7.12. The molecule has 0 aliphatic heterocycles. The summed E-state index contributed by atoms with van der Waals surface area (Å²) in [6, 6.07) is 19.0. The van der Waals surface area contributed by atoms with Crippen molar-refractivity contribution in [1.29, 1.82) is 0 Å². The quantitative estimate of drug-likeness (QED) is 0.496. The van der Waals surface area contributed by atoms with E-state index in [1.54, 1.807) is 0 Å². The van der Waals surface area contributed by atoms with E-state index in [-0.39, 0.29) is 5.97 Å². The lowest BCUT2D eigenvalue weighted by molar-refractivity contribution is -0.142. The van der Waals surface area contributed by atoms with E-state index in [9.17, 15) is 4.79 Å². The van der Waals surface area contributed by atoms with Gasteiger partial charge in [-0.2, -0.15) is 0 Å². The zero-order valence-corrected chi connectivity index (χ0v) is 13.7. The highest BCUT2D eigenvalue weighted by Gasteiger charge is 2.03. The highest BCUT2D eigenvalue weighted by atomic mass is 16.5. The van der Waals surface area contributed by atoms with Gasteiger partial charge >= 0.3 is 5.97 Å². The highest BCUT2D eigenvalue weighted by Crippen LogP contribution is 2.24. The number of benzene rings is 2. The molecule has 0 heterocycles. The van der Waals surface area contributed by atoms with Crippen LogP contribution in [-0.4, -0.2) is 12.6 Å². The summed E-state index contributed by atoms with van der Waals surface area (Å²) < 4.78 is 4.91. The average molecular weight is 308 g/mol. The second-order valence-electron chi connectivity index (χ2n) is 5.38. The minimum absolute atomic E-state index is 0.119. The number of carbonyl (C=O) groups is 1. The van der Waals surface area contributed by atoms with Gasteiger partial charge in [-0.05, 0) is 42.9 Å².